The molecule has 0 bridgehead atoms. The zero-order valence-electron chi connectivity index (χ0n) is 12.6. The number of rotatable bonds is 2. The van der Waals surface area contributed by atoms with Crippen molar-refractivity contribution >= 4 is 17.3 Å². The molecule has 1 aromatic carbocycles. The zero-order valence-corrected chi connectivity index (χ0v) is 13.3. The summed E-state index contributed by atoms with van der Waals surface area (Å²) in [7, 11) is 0. The van der Waals surface area contributed by atoms with Gasteiger partial charge in [0.15, 0.2) is 0 Å². The van der Waals surface area contributed by atoms with Crippen LogP contribution in [-0.2, 0) is 0 Å². The van der Waals surface area contributed by atoms with Crippen molar-refractivity contribution in [1.29, 1.82) is 0 Å². The van der Waals surface area contributed by atoms with Gasteiger partial charge in [0.1, 0.15) is 0 Å². The summed E-state index contributed by atoms with van der Waals surface area (Å²) in [4.78, 5) is 5.28. The minimum atomic E-state index is 0.573. The molecule has 110 valence electrons. The molecule has 2 heterocycles. The second kappa shape index (κ2) is 5.95. The number of benzene rings is 1. The summed E-state index contributed by atoms with van der Waals surface area (Å²) in [5.74, 6) is 0.647. The Morgan fingerprint density at radius 2 is 1.95 bits per heavy atom. The van der Waals surface area contributed by atoms with Crippen molar-refractivity contribution in [2.45, 2.75) is 45.2 Å². The zero-order chi connectivity index (χ0) is 14.1. The van der Waals surface area contributed by atoms with Crippen molar-refractivity contribution < 1.29 is 0 Å². The van der Waals surface area contributed by atoms with Crippen molar-refractivity contribution in [2.75, 3.05) is 24.5 Å². The maximum Gasteiger partial charge on any atom is 0.0639 e. The van der Waals surface area contributed by atoms with Crippen LogP contribution in [0.25, 0.3) is 0 Å². The molecule has 3 rings (SSSR count). The average Bonchev–Trinajstić information content (AvgIpc) is 2.46. The van der Waals surface area contributed by atoms with E-state index in [-0.39, 0.29) is 0 Å². The maximum absolute atomic E-state index is 6.45. The molecule has 0 spiro atoms. The molecule has 0 N–H and O–H groups in total. The lowest BCUT2D eigenvalue weighted by Gasteiger charge is -2.51. The molecule has 2 nitrogen and oxygen atoms in total. The lowest BCUT2D eigenvalue weighted by Crippen LogP contribution is -2.61. The third-order valence-corrected chi connectivity index (χ3v) is 5.23. The van der Waals surface area contributed by atoms with Gasteiger partial charge in [0, 0.05) is 25.2 Å². The fourth-order valence-electron chi connectivity index (χ4n) is 3.74. The molecule has 2 fully saturated rings. The van der Waals surface area contributed by atoms with E-state index in [0.29, 0.717) is 12.0 Å². The first kappa shape index (κ1) is 14.2. The standard InChI is InChI=1S/C17H25ClN2/c1-13(2)17-12-19-10-6-5-7-14(19)11-20(17)16-9-4-3-8-15(16)18/h3-4,8-9,13-14,17H,5-7,10-12H2,1-2H3. The number of nitrogens with zero attached hydrogens (tertiary/aromatic N) is 2. The smallest absolute Gasteiger partial charge is 0.0639 e. The highest BCUT2D eigenvalue weighted by Crippen LogP contribution is 2.34. The Labute approximate surface area is 127 Å². The third-order valence-electron chi connectivity index (χ3n) is 4.91. The largest absolute Gasteiger partial charge is 0.364 e. The third kappa shape index (κ3) is 2.68. The fourth-order valence-corrected chi connectivity index (χ4v) is 3.99. The van der Waals surface area contributed by atoms with Crippen molar-refractivity contribution in [1.82, 2.24) is 4.90 Å². The number of piperazine rings is 1. The van der Waals surface area contributed by atoms with Gasteiger partial charge in [-0.15, -0.1) is 0 Å². The minimum Gasteiger partial charge on any atom is -0.364 e. The van der Waals surface area contributed by atoms with Crippen molar-refractivity contribution in [3.05, 3.63) is 29.3 Å². The second-order valence-electron chi connectivity index (χ2n) is 6.56. The van der Waals surface area contributed by atoms with Gasteiger partial charge in [-0.25, -0.2) is 0 Å². The van der Waals surface area contributed by atoms with Crippen LogP contribution >= 0.6 is 11.6 Å². The molecule has 0 radical (unpaired) electrons. The summed E-state index contributed by atoms with van der Waals surface area (Å²) in [5, 5.41) is 0.891. The predicted molar refractivity (Wildman–Crippen MR) is 86.6 cm³/mol. The summed E-state index contributed by atoms with van der Waals surface area (Å²) in [6.07, 6.45) is 4.09. The molecule has 2 unspecified atom stereocenters. The number of halogens is 1. The second-order valence-corrected chi connectivity index (χ2v) is 6.97. The Balaban J connectivity index is 1.88. The van der Waals surface area contributed by atoms with Crippen LogP contribution in [0.1, 0.15) is 33.1 Å². The van der Waals surface area contributed by atoms with E-state index in [1.54, 1.807) is 0 Å². The molecular weight excluding hydrogens is 268 g/mol. The van der Waals surface area contributed by atoms with E-state index >= 15 is 0 Å². The molecule has 1 aromatic rings. The number of piperidine rings is 1. The quantitative estimate of drug-likeness (QED) is 0.812. The molecule has 2 aliphatic rings. The van der Waals surface area contributed by atoms with E-state index < -0.39 is 0 Å². The van der Waals surface area contributed by atoms with Crippen LogP contribution in [0.3, 0.4) is 0 Å². The molecule has 2 atom stereocenters. The molecule has 2 saturated heterocycles. The molecule has 3 heteroatoms. The van der Waals surface area contributed by atoms with Gasteiger partial charge in [-0.3, -0.25) is 4.90 Å². The fraction of sp³-hybridized carbons (Fsp3) is 0.647. The van der Waals surface area contributed by atoms with Crippen LogP contribution < -0.4 is 4.90 Å². The Kier molecular flexibility index (Phi) is 4.23. The highest BCUT2D eigenvalue weighted by Gasteiger charge is 2.36. The highest BCUT2D eigenvalue weighted by atomic mass is 35.5. The predicted octanol–water partition coefficient (Wildman–Crippen LogP) is 4.04. The van der Waals surface area contributed by atoms with E-state index in [0.717, 1.165) is 17.6 Å². The van der Waals surface area contributed by atoms with E-state index in [4.69, 9.17) is 11.6 Å². The van der Waals surface area contributed by atoms with Crippen LogP contribution in [0.15, 0.2) is 24.3 Å². The normalized spacial score (nSPS) is 27.7. The first-order valence-corrected chi connectivity index (χ1v) is 8.30. The monoisotopic (exact) mass is 292 g/mol. The molecule has 0 saturated carbocycles. The van der Waals surface area contributed by atoms with Crippen molar-refractivity contribution in [3.63, 3.8) is 0 Å². The lowest BCUT2D eigenvalue weighted by atomic mass is 9.91. The average molecular weight is 293 g/mol. The van der Waals surface area contributed by atoms with Gasteiger partial charge in [-0.2, -0.15) is 0 Å². The van der Waals surface area contributed by atoms with Crippen molar-refractivity contribution in [3.8, 4) is 0 Å². The molecule has 20 heavy (non-hydrogen) atoms. The molecule has 0 amide bonds. The Morgan fingerprint density at radius 1 is 1.15 bits per heavy atom. The first-order chi connectivity index (χ1) is 9.66. The van der Waals surface area contributed by atoms with Gasteiger partial charge in [-0.1, -0.05) is 44.0 Å². The summed E-state index contributed by atoms with van der Waals surface area (Å²) in [6, 6.07) is 9.61. The Hall–Kier alpha value is -0.730. The SMILES string of the molecule is CC(C)C1CN2CCCCC2CN1c1ccccc1Cl. The van der Waals surface area contributed by atoms with Gasteiger partial charge in [-0.05, 0) is 37.4 Å². The van der Waals surface area contributed by atoms with E-state index in [1.807, 2.05) is 12.1 Å². The van der Waals surface area contributed by atoms with Crippen LogP contribution in [-0.4, -0.2) is 36.6 Å². The van der Waals surface area contributed by atoms with E-state index in [1.165, 1.54) is 38.0 Å². The van der Waals surface area contributed by atoms with E-state index in [9.17, 15) is 0 Å². The number of para-hydroxylation sites is 1. The van der Waals surface area contributed by atoms with Crippen LogP contribution in [0.5, 0.6) is 0 Å². The lowest BCUT2D eigenvalue weighted by molar-refractivity contribution is 0.100. The van der Waals surface area contributed by atoms with Crippen molar-refractivity contribution in [2.24, 2.45) is 5.92 Å². The molecule has 2 aliphatic heterocycles. The van der Waals surface area contributed by atoms with Gasteiger partial charge in [0.05, 0.1) is 10.7 Å². The van der Waals surface area contributed by atoms with Gasteiger partial charge < -0.3 is 4.90 Å². The van der Waals surface area contributed by atoms with Gasteiger partial charge in [0.25, 0.3) is 0 Å². The number of hydrogen-bond donors (Lipinski definition) is 0. The van der Waals surface area contributed by atoms with Gasteiger partial charge in [0.2, 0.25) is 0 Å². The number of fused-ring (bicyclic) bond motifs is 1. The van der Waals surface area contributed by atoms with Crippen LogP contribution in [0, 0.1) is 5.92 Å². The Morgan fingerprint density at radius 3 is 2.70 bits per heavy atom. The highest BCUT2D eigenvalue weighted by molar-refractivity contribution is 6.33. The molecule has 0 aliphatic carbocycles. The minimum absolute atomic E-state index is 0.573. The molecular formula is C17H25ClN2. The molecule has 0 aromatic heterocycles. The van der Waals surface area contributed by atoms with E-state index in [2.05, 4.69) is 35.8 Å². The summed E-state index contributed by atoms with van der Waals surface area (Å²) >= 11 is 6.45. The van der Waals surface area contributed by atoms with Crippen LogP contribution in [0.4, 0.5) is 5.69 Å². The first-order valence-electron chi connectivity index (χ1n) is 7.92. The summed E-state index contributed by atoms with van der Waals surface area (Å²) in [6.45, 7) is 8.27. The number of hydrogen-bond acceptors (Lipinski definition) is 2. The van der Waals surface area contributed by atoms with Gasteiger partial charge >= 0.3 is 0 Å². The maximum atomic E-state index is 6.45. The van der Waals surface area contributed by atoms with Crippen LogP contribution in [0.2, 0.25) is 5.02 Å². The number of anilines is 1. The summed E-state index contributed by atoms with van der Waals surface area (Å²) < 4.78 is 0. The summed E-state index contributed by atoms with van der Waals surface area (Å²) in [5.41, 5.74) is 1.22. The Bertz CT molecular complexity index is 460. The topological polar surface area (TPSA) is 6.48 Å².